The summed E-state index contributed by atoms with van der Waals surface area (Å²) in [4.78, 5) is 4.16. The summed E-state index contributed by atoms with van der Waals surface area (Å²) in [5.74, 6) is 0. The molecule has 1 saturated heterocycles. The van der Waals surface area contributed by atoms with Gasteiger partial charge in [-0.2, -0.15) is 0 Å². The number of hydrogen-bond donors (Lipinski definition) is 1. The highest BCUT2D eigenvalue weighted by Crippen LogP contribution is 2.29. The van der Waals surface area contributed by atoms with Crippen LogP contribution in [0.25, 0.3) is 0 Å². The fourth-order valence-electron chi connectivity index (χ4n) is 2.40. The van der Waals surface area contributed by atoms with Gasteiger partial charge in [0.2, 0.25) is 0 Å². The summed E-state index contributed by atoms with van der Waals surface area (Å²) in [6, 6.07) is 5.72. The van der Waals surface area contributed by atoms with Crippen molar-refractivity contribution in [2.75, 3.05) is 19.6 Å². The van der Waals surface area contributed by atoms with Crippen molar-refractivity contribution in [3.63, 3.8) is 0 Å². The Morgan fingerprint density at radius 2 is 2.53 bits per heavy atom. The van der Waals surface area contributed by atoms with Crippen LogP contribution < -0.4 is 5.32 Å². The molecule has 2 nitrogen and oxygen atoms in total. The topological polar surface area (TPSA) is 15.3 Å². The van der Waals surface area contributed by atoms with Gasteiger partial charge in [-0.15, -0.1) is 11.3 Å². The Bertz CT molecular complexity index is 284. The minimum atomic E-state index is 0.627. The van der Waals surface area contributed by atoms with E-state index in [4.69, 9.17) is 0 Å². The molecule has 0 saturated carbocycles. The van der Waals surface area contributed by atoms with Gasteiger partial charge in [-0.05, 0) is 24.8 Å². The van der Waals surface area contributed by atoms with Crippen LogP contribution in [-0.2, 0) is 0 Å². The first-order valence-electron chi connectivity index (χ1n) is 5.82. The SMILES string of the molecule is CCC(c1cccs1)N1CCNCC1C. The summed E-state index contributed by atoms with van der Waals surface area (Å²) in [5.41, 5.74) is 0. The van der Waals surface area contributed by atoms with E-state index in [0.717, 1.165) is 13.1 Å². The lowest BCUT2D eigenvalue weighted by molar-refractivity contribution is 0.115. The first kappa shape index (κ1) is 11.1. The molecule has 2 heterocycles. The van der Waals surface area contributed by atoms with Crippen LogP contribution in [-0.4, -0.2) is 30.6 Å². The lowest BCUT2D eigenvalue weighted by Crippen LogP contribution is -2.50. The van der Waals surface area contributed by atoms with E-state index in [9.17, 15) is 0 Å². The highest BCUT2D eigenvalue weighted by atomic mass is 32.1. The molecule has 0 aromatic carbocycles. The maximum absolute atomic E-state index is 3.45. The molecule has 1 aromatic heterocycles. The molecule has 0 amide bonds. The van der Waals surface area contributed by atoms with E-state index in [0.29, 0.717) is 12.1 Å². The van der Waals surface area contributed by atoms with E-state index in [-0.39, 0.29) is 0 Å². The highest BCUT2D eigenvalue weighted by Gasteiger charge is 2.26. The lowest BCUT2D eigenvalue weighted by Gasteiger charge is -2.39. The van der Waals surface area contributed by atoms with Gasteiger partial charge < -0.3 is 5.32 Å². The molecule has 15 heavy (non-hydrogen) atoms. The molecule has 1 N–H and O–H groups in total. The van der Waals surface area contributed by atoms with Crippen molar-refractivity contribution in [1.29, 1.82) is 0 Å². The van der Waals surface area contributed by atoms with E-state index in [1.807, 2.05) is 11.3 Å². The Hall–Kier alpha value is -0.380. The van der Waals surface area contributed by atoms with Crippen LogP contribution in [0.15, 0.2) is 17.5 Å². The number of rotatable bonds is 3. The van der Waals surface area contributed by atoms with Gasteiger partial charge in [0.05, 0.1) is 0 Å². The molecule has 0 aliphatic carbocycles. The van der Waals surface area contributed by atoms with Gasteiger partial charge in [0.1, 0.15) is 0 Å². The molecule has 1 aliphatic rings. The first-order valence-corrected chi connectivity index (χ1v) is 6.70. The summed E-state index contributed by atoms with van der Waals surface area (Å²) < 4.78 is 0. The van der Waals surface area contributed by atoms with E-state index in [2.05, 4.69) is 41.6 Å². The van der Waals surface area contributed by atoms with Crippen LogP contribution in [0.3, 0.4) is 0 Å². The monoisotopic (exact) mass is 224 g/mol. The van der Waals surface area contributed by atoms with Crippen molar-refractivity contribution < 1.29 is 0 Å². The van der Waals surface area contributed by atoms with Gasteiger partial charge in [0.15, 0.2) is 0 Å². The Morgan fingerprint density at radius 1 is 1.67 bits per heavy atom. The second-order valence-corrected chi connectivity index (χ2v) is 5.21. The maximum Gasteiger partial charge on any atom is 0.0442 e. The Labute approximate surface area is 96.3 Å². The van der Waals surface area contributed by atoms with Gasteiger partial charge in [-0.3, -0.25) is 4.90 Å². The molecule has 1 fully saturated rings. The first-order chi connectivity index (χ1) is 7.33. The van der Waals surface area contributed by atoms with Crippen molar-refractivity contribution in [2.24, 2.45) is 0 Å². The number of thiophene rings is 1. The number of piperazine rings is 1. The fraction of sp³-hybridized carbons (Fsp3) is 0.667. The van der Waals surface area contributed by atoms with Crippen LogP contribution in [0, 0.1) is 0 Å². The van der Waals surface area contributed by atoms with Crippen LogP contribution in [0.1, 0.15) is 31.2 Å². The van der Waals surface area contributed by atoms with Gasteiger partial charge in [0.25, 0.3) is 0 Å². The smallest absolute Gasteiger partial charge is 0.0442 e. The van der Waals surface area contributed by atoms with E-state index < -0.39 is 0 Å². The molecular weight excluding hydrogens is 204 g/mol. The number of nitrogens with zero attached hydrogens (tertiary/aromatic N) is 1. The molecular formula is C12H20N2S. The van der Waals surface area contributed by atoms with Gasteiger partial charge in [-0.1, -0.05) is 13.0 Å². The third kappa shape index (κ3) is 2.41. The molecule has 0 spiro atoms. The standard InChI is InChI=1S/C12H20N2S/c1-3-11(12-5-4-8-15-12)14-7-6-13-9-10(14)2/h4-5,8,10-11,13H,3,6-7,9H2,1-2H3. The molecule has 2 unspecified atom stereocenters. The van der Waals surface area contributed by atoms with Crippen LogP contribution >= 0.6 is 11.3 Å². The van der Waals surface area contributed by atoms with Crippen molar-refractivity contribution in [3.05, 3.63) is 22.4 Å². The summed E-state index contributed by atoms with van der Waals surface area (Å²) in [6.45, 7) is 8.05. The molecule has 0 radical (unpaired) electrons. The van der Waals surface area contributed by atoms with E-state index in [1.165, 1.54) is 17.8 Å². The van der Waals surface area contributed by atoms with Gasteiger partial charge in [-0.25, -0.2) is 0 Å². The fourth-order valence-corrected chi connectivity index (χ4v) is 3.33. The third-order valence-corrected chi connectivity index (χ3v) is 4.18. The average Bonchev–Trinajstić information content (AvgIpc) is 2.75. The second kappa shape index (κ2) is 5.10. The highest BCUT2D eigenvalue weighted by molar-refractivity contribution is 7.10. The molecule has 2 atom stereocenters. The molecule has 1 aliphatic heterocycles. The van der Waals surface area contributed by atoms with Crippen molar-refractivity contribution in [2.45, 2.75) is 32.4 Å². The van der Waals surface area contributed by atoms with Gasteiger partial charge in [0, 0.05) is 36.6 Å². The van der Waals surface area contributed by atoms with E-state index >= 15 is 0 Å². The molecule has 84 valence electrons. The summed E-state index contributed by atoms with van der Waals surface area (Å²) >= 11 is 1.89. The minimum absolute atomic E-state index is 0.627. The zero-order valence-corrected chi connectivity index (χ0v) is 10.4. The van der Waals surface area contributed by atoms with Crippen molar-refractivity contribution in [1.82, 2.24) is 10.2 Å². The van der Waals surface area contributed by atoms with E-state index in [1.54, 1.807) is 0 Å². The molecule has 2 rings (SSSR count). The summed E-state index contributed by atoms with van der Waals surface area (Å²) in [7, 11) is 0. The lowest BCUT2D eigenvalue weighted by atomic mass is 10.1. The minimum Gasteiger partial charge on any atom is -0.314 e. The summed E-state index contributed by atoms with van der Waals surface area (Å²) in [6.07, 6.45) is 1.21. The summed E-state index contributed by atoms with van der Waals surface area (Å²) in [5, 5.41) is 5.64. The normalized spacial score (nSPS) is 25.3. The zero-order valence-electron chi connectivity index (χ0n) is 9.57. The molecule has 0 bridgehead atoms. The Balaban J connectivity index is 2.11. The quantitative estimate of drug-likeness (QED) is 0.848. The van der Waals surface area contributed by atoms with Crippen LogP contribution in [0.4, 0.5) is 0 Å². The predicted molar refractivity (Wildman–Crippen MR) is 66.4 cm³/mol. The average molecular weight is 224 g/mol. The zero-order chi connectivity index (χ0) is 10.7. The molecule has 1 aromatic rings. The van der Waals surface area contributed by atoms with Gasteiger partial charge >= 0.3 is 0 Å². The maximum atomic E-state index is 3.45. The Kier molecular flexibility index (Phi) is 3.78. The number of nitrogens with one attached hydrogen (secondary N) is 1. The predicted octanol–water partition coefficient (Wildman–Crippen LogP) is 2.49. The van der Waals surface area contributed by atoms with Crippen LogP contribution in [0.2, 0.25) is 0 Å². The van der Waals surface area contributed by atoms with Crippen LogP contribution in [0.5, 0.6) is 0 Å². The second-order valence-electron chi connectivity index (χ2n) is 4.23. The number of hydrogen-bond acceptors (Lipinski definition) is 3. The van der Waals surface area contributed by atoms with Crippen molar-refractivity contribution in [3.8, 4) is 0 Å². The Morgan fingerprint density at radius 3 is 3.13 bits per heavy atom. The van der Waals surface area contributed by atoms with Crippen molar-refractivity contribution >= 4 is 11.3 Å². The largest absolute Gasteiger partial charge is 0.314 e. The third-order valence-electron chi connectivity index (χ3n) is 3.21. The molecule has 3 heteroatoms.